The molecule has 5 heteroatoms. The van der Waals surface area contributed by atoms with Gasteiger partial charge in [0.25, 0.3) is 11.7 Å². The Morgan fingerprint density at radius 2 is 1.24 bits per heavy atom. The zero-order valence-electron chi connectivity index (χ0n) is 23.0. The topological polar surface area (TPSA) is 57.6 Å². The van der Waals surface area contributed by atoms with Gasteiger partial charge in [0.15, 0.2) is 0 Å². The third-order valence-corrected chi connectivity index (χ3v) is 7.78. The molecule has 1 fully saturated rings. The van der Waals surface area contributed by atoms with E-state index in [1.54, 1.807) is 41.3 Å². The molecule has 2 aromatic carbocycles. The summed E-state index contributed by atoms with van der Waals surface area (Å²) in [6, 6.07) is 15.5. The number of unbranched alkanes of at least 4 members (excludes halogenated alkanes) is 13. The van der Waals surface area contributed by atoms with Gasteiger partial charge >= 0.3 is 0 Å². The Morgan fingerprint density at radius 1 is 0.737 bits per heavy atom. The summed E-state index contributed by atoms with van der Waals surface area (Å²) in [7, 11) is 0. The maximum absolute atomic E-state index is 13.1. The van der Waals surface area contributed by atoms with Gasteiger partial charge in [-0.25, -0.2) is 0 Å². The molecule has 3 rings (SSSR count). The lowest BCUT2D eigenvalue weighted by atomic mass is 9.95. The molecule has 4 nitrogen and oxygen atoms in total. The highest BCUT2D eigenvalue weighted by molar-refractivity contribution is 6.46. The molecule has 1 saturated heterocycles. The van der Waals surface area contributed by atoms with Gasteiger partial charge in [0.05, 0.1) is 11.6 Å². The van der Waals surface area contributed by atoms with E-state index in [0.29, 0.717) is 17.1 Å². The summed E-state index contributed by atoms with van der Waals surface area (Å²) in [6.07, 6.45) is 17.7. The monoisotopic (exact) mass is 537 g/mol. The first-order valence-electron chi connectivity index (χ1n) is 14.6. The molecule has 0 aromatic heterocycles. The molecule has 1 N–H and O–H groups in total. The van der Waals surface area contributed by atoms with Crippen molar-refractivity contribution in [1.29, 1.82) is 0 Å². The number of halogens is 1. The second-order valence-corrected chi connectivity index (χ2v) is 10.9. The number of Topliss-reactive ketones (excluding diaryl/α,β-unsaturated/α-hetero) is 1. The van der Waals surface area contributed by atoms with E-state index in [1.165, 1.54) is 70.6 Å². The second-order valence-electron chi connectivity index (χ2n) is 10.5. The van der Waals surface area contributed by atoms with Crippen molar-refractivity contribution in [2.45, 2.75) is 103 Å². The summed E-state index contributed by atoms with van der Waals surface area (Å²) in [5, 5.41) is 11.6. The predicted octanol–water partition coefficient (Wildman–Crippen LogP) is 9.24. The van der Waals surface area contributed by atoms with Crippen LogP contribution < -0.4 is 0 Å². The molecule has 38 heavy (non-hydrogen) atoms. The fourth-order valence-corrected chi connectivity index (χ4v) is 5.46. The lowest BCUT2D eigenvalue weighted by molar-refractivity contribution is -0.139. The Morgan fingerprint density at radius 3 is 1.76 bits per heavy atom. The van der Waals surface area contributed by atoms with Crippen LogP contribution >= 0.6 is 11.6 Å². The smallest absolute Gasteiger partial charge is 0.295 e. The summed E-state index contributed by atoms with van der Waals surface area (Å²) >= 11 is 6.10. The van der Waals surface area contributed by atoms with Crippen LogP contribution in [0.3, 0.4) is 0 Å². The van der Waals surface area contributed by atoms with Crippen LogP contribution in [0.2, 0.25) is 5.02 Å². The largest absolute Gasteiger partial charge is 0.507 e. The zero-order valence-corrected chi connectivity index (χ0v) is 23.7. The van der Waals surface area contributed by atoms with Crippen LogP contribution in [0.5, 0.6) is 0 Å². The number of ketones is 1. The number of carbonyl (C=O) groups excluding carboxylic acids is 2. The Kier molecular flexibility index (Phi) is 12.9. The van der Waals surface area contributed by atoms with Crippen LogP contribution in [0.4, 0.5) is 0 Å². The number of nitrogens with zero attached hydrogens (tertiary/aromatic N) is 1. The Hall–Kier alpha value is -2.59. The van der Waals surface area contributed by atoms with E-state index in [9.17, 15) is 14.7 Å². The van der Waals surface area contributed by atoms with Crippen molar-refractivity contribution in [2.75, 3.05) is 6.54 Å². The highest BCUT2D eigenvalue weighted by Crippen LogP contribution is 2.39. The molecule has 0 radical (unpaired) electrons. The van der Waals surface area contributed by atoms with Gasteiger partial charge in [0, 0.05) is 17.1 Å². The fraction of sp³-hybridized carbons (Fsp3) is 0.515. The molecule has 206 valence electrons. The number of likely N-dealkylation sites (tertiary alicyclic amines) is 1. The maximum Gasteiger partial charge on any atom is 0.295 e. The van der Waals surface area contributed by atoms with Crippen molar-refractivity contribution in [1.82, 2.24) is 4.90 Å². The Labute approximate surface area is 234 Å². The van der Waals surface area contributed by atoms with Crippen LogP contribution in [0, 0.1) is 0 Å². The fourth-order valence-electron chi connectivity index (χ4n) is 5.33. The van der Waals surface area contributed by atoms with E-state index in [0.717, 1.165) is 24.8 Å². The summed E-state index contributed by atoms with van der Waals surface area (Å²) in [6.45, 7) is 2.75. The van der Waals surface area contributed by atoms with Gasteiger partial charge in [-0.3, -0.25) is 9.59 Å². The molecule has 0 aliphatic carbocycles. The summed E-state index contributed by atoms with van der Waals surface area (Å²) in [4.78, 5) is 27.8. The first kappa shape index (κ1) is 30.0. The lowest BCUT2D eigenvalue weighted by Crippen LogP contribution is -2.30. The highest BCUT2D eigenvalue weighted by Gasteiger charge is 2.45. The van der Waals surface area contributed by atoms with Crippen LogP contribution in [-0.2, 0) is 9.59 Å². The van der Waals surface area contributed by atoms with Gasteiger partial charge < -0.3 is 10.0 Å². The molecular weight excluding hydrogens is 494 g/mol. The van der Waals surface area contributed by atoms with E-state index < -0.39 is 17.7 Å². The standard InChI is InChI=1S/C33H44ClNO3/c1-2-3-4-5-6-7-8-9-10-11-12-13-14-18-25-35-30(26-21-23-28(34)24-22-26)29(32(37)33(35)38)31(36)27-19-16-15-17-20-27/h15-17,19-24,30,36H,2-14,18,25H2,1H3/b31-29+. The van der Waals surface area contributed by atoms with Crippen LogP contribution in [-0.4, -0.2) is 28.2 Å². The molecule has 1 amide bonds. The average Bonchev–Trinajstić information content (AvgIpc) is 3.18. The zero-order chi connectivity index (χ0) is 27.2. The number of aliphatic hydroxyl groups is 1. The quantitative estimate of drug-likeness (QED) is 0.0946. The molecular formula is C33H44ClNO3. The molecule has 0 spiro atoms. The minimum Gasteiger partial charge on any atom is -0.507 e. The number of rotatable bonds is 17. The van der Waals surface area contributed by atoms with Gasteiger partial charge in [-0.2, -0.15) is 0 Å². The minimum absolute atomic E-state index is 0.132. The molecule has 1 heterocycles. The van der Waals surface area contributed by atoms with Crippen LogP contribution in [0.1, 0.15) is 114 Å². The van der Waals surface area contributed by atoms with E-state index in [1.807, 2.05) is 18.2 Å². The van der Waals surface area contributed by atoms with Gasteiger partial charge in [-0.1, -0.05) is 144 Å². The number of carbonyl (C=O) groups is 2. The van der Waals surface area contributed by atoms with Crippen molar-refractivity contribution in [2.24, 2.45) is 0 Å². The lowest BCUT2D eigenvalue weighted by Gasteiger charge is -2.25. The van der Waals surface area contributed by atoms with Gasteiger partial charge in [0.2, 0.25) is 0 Å². The summed E-state index contributed by atoms with van der Waals surface area (Å²) < 4.78 is 0. The Balaban J connectivity index is 1.50. The van der Waals surface area contributed by atoms with E-state index >= 15 is 0 Å². The molecule has 0 saturated carbocycles. The van der Waals surface area contributed by atoms with Gasteiger partial charge in [-0.15, -0.1) is 0 Å². The predicted molar refractivity (Wildman–Crippen MR) is 157 cm³/mol. The van der Waals surface area contributed by atoms with E-state index in [-0.39, 0.29) is 11.3 Å². The minimum atomic E-state index is -0.628. The van der Waals surface area contributed by atoms with Crippen molar-refractivity contribution >= 4 is 29.1 Å². The molecule has 1 aliphatic heterocycles. The second kappa shape index (κ2) is 16.4. The van der Waals surface area contributed by atoms with Crippen molar-refractivity contribution in [3.8, 4) is 0 Å². The number of amides is 1. The third-order valence-electron chi connectivity index (χ3n) is 7.53. The van der Waals surface area contributed by atoms with E-state index in [4.69, 9.17) is 11.6 Å². The number of aliphatic hydroxyl groups excluding tert-OH is 1. The Bertz CT molecular complexity index is 1030. The first-order chi connectivity index (χ1) is 18.5. The SMILES string of the molecule is CCCCCCCCCCCCCCCCN1C(=O)C(=O)/C(=C(/O)c2ccccc2)C1c1ccc(Cl)cc1. The van der Waals surface area contributed by atoms with Crippen molar-refractivity contribution in [3.05, 3.63) is 76.3 Å². The molecule has 1 unspecified atom stereocenters. The summed E-state index contributed by atoms with van der Waals surface area (Å²) in [5.74, 6) is -1.30. The molecule has 0 bridgehead atoms. The van der Waals surface area contributed by atoms with Crippen molar-refractivity contribution in [3.63, 3.8) is 0 Å². The third kappa shape index (κ3) is 8.73. The van der Waals surface area contributed by atoms with Crippen LogP contribution in [0.25, 0.3) is 5.76 Å². The molecule has 1 aliphatic rings. The van der Waals surface area contributed by atoms with Gasteiger partial charge in [0.1, 0.15) is 5.76 Å². The number of hydrogen-bond acceptors (Lipinski definition) is 3. The van der Waals surface area contributed by atoms with Gasteiger partial charge in [-0.05, 0) is 24.1 Å². The summed E-state index contributed by atoms with van der Waals surface area (Å²) in [5.41, 5.74) is 1.45. The van der Waals surface area contributed by atoms with Crippen molar-refractivity contribution < 1.29 is 14.7 Å². The molecule has 1 atom stereocenters. The number of benzene rings is 2. The van der Waals surface area contributed by atoms with Crippen LogP contribution in [0.15, 0.2) is 60.2 Å². The normalized spacial score (nSPS) is 16.9. The highest BCUT2D eigenvalue weighted by atomic mass is 35.5. The van der Waals surface area contributed by atoms with E-state index in [2.05, 4.69) is 6.92 Å². The number of hydrogen-bond donors (Lipinski definition) is 1. The maximum atomic E-state index is 13.1. The first-order valence-corrected chi connectivity index (χ1v) is 15.0. The molecule has 2 aromatic rings. The average molecular weight is 538 g/mol.